The maximum absolute atomic E-state index is 13.0. The van der Waals surface area contributed by atoms with Crippen molar-refractivity contribution in [2.24, 2.45) is 0 Å². The van der Waals surface area contributed by atoms with E-state index in [1.165, 1.54) is 32.0 Å². The van der Waals surface area contributed by atoms with Crippen molar-refractivity contribution in [3.63, 3.8) is 0 Å². The van der Waals surface area contributed by atoms with Crippen LogP contribution in [-0.2, 0) is 0 Å². The topological polar surface area (TPSA) is 49.3 Å². The molecule has 132 valence electrons. The van der Waals surface area contributed by atoms with Crippen LogP contribution in [-0.4, -0.2) is 35.5 Å². The van der Waals surface area contributed by atoms with E-state index in [9.17, 15) is 4.79 Å². The van der Waals surface area contributed by atoms with E-state index in [0.717, 1.165) is 30.2 Å². The van der Waals surface area contributed by atoms with Crippen molar-refractivity contribution in [3.05, 3.63) is 47.9 Å². The van der Waals surface area contributed by atoms with E-state index in [1.54, 1.807) is 4.90 Å². The van der Waals surface area contributed by atoms with Gasteiger partial charge in [0.2, 0.25) is 0 Å². The molecular formula is C20H26N4O. The molecule has 5 heteroatoms. The number of carbonyl (C=O) groups excluding carboxylic acids is 1. The molecule has 1 aromatic carbocycles. The maximum atomic E-state index is 13.0. The molecule has 1 saturated heterocycles. The Balaban J connectivity index is 1.84. The lowest BCUT2D eigenvalue weighted by atomic mass is 10.2. The van der Waals surface area contributed by atoms with Crippen molar-refractivity contribution in [3.8, 4) is 0 Å². The van der Waals surface area contributed by atoms with Crippen LogP contribution in [0.1, 0.15) is 48.7 Å². The second kappa shape index (κ2) is 8.10. The number of hydrogen-bond donors (Lipinski definition) is 0. The Morgan fingerprint density at radius 3 is 2.56 bits per heavy atom. The smallest absolute Gasteiger partial charge is 0.277 e. The Morgan fingerprint density at radius 2 is 1.88 bits per heavy atom. The van der Waals surface area contributed by atoms with Gasteiger partial charge in [-0.2, -0.15) is 0 Å². The summed E-state index contributed by atoms with van der Waals surface area (Å²) in [4.78, 5) is 25.7. The highest BCUT2D eigenvalue weighted by Gasteiger charge is 2.20. The number of benzene rings is 1. The summed E-state index contributed by atoms with van der Waals surface area (Å²) in [7, 11) is 0. The van der Waals surface area contributed by atoms with Gasteiger partial charge in [-0.05, 0) is 44.4 Å². The SMILES string of the molecule is CCN(C(=O)c1cc(N2CCCCCC2)ncn1)c1cccc(C)c1. The fourth-order valence-corrected chi connectivity index (χ4v) is 3.31. The first-order valence-corrected chi connectivity index (χ1v) is 9.14. The Morgan fingerprint density at radius 1 is 1.12 bits per heavy atom. The first-order valence-electron chi connectivity index (χ1n) is 9.14. The standard InChI is InChI=1S/C20H26N4O/c1-3-24(17-10-8-9-16(2)13-17)20(25)18-14-19(22-15-21-18)23-11-6-4-5-7-12-23/h8-10,13-15H,3-7,11-12H2,1-2H3. The summed E-state index contributed by atoms with van der Waals surface area (Å²) >= 11 is 0. The number of carbonyl (C=O) groups is 1. The molecule has 5 nitrogen and oxygen atoms in total. The molecule has 0 unspecified atom stereocenters. The minimum Gasteiger partial charge on any atom is -0.357 e. The molecule has 0 saturated carbocycles. The fourth-order valence-electron chi connectivity index (χ4n) is 3.31. The van der Waals surface area contributed by atoms with E-state index in [0.29, 0.717) is 12.2 Å². The summed E-state index contributed by atoms with van der Waals surface area (Å²) in [5, 5.41) is 0. The number of nitrogens with zero attached hydrogens (tertiary/aromatic N) is 4. The maximum Gasteiger partial charge on any atom is 0.277 e. The van der Waals surface area contributed by atoms with Crippen molar-refractivity contribution in [2.45, 2.75) is 39.5 Å². The molecule has 2 heterocycles. The van der Waals surface area contributed by atoms with Crippen LogP contribution < -0.4 is 9.80 Å². The van der Waals surface area contributed by atoms with Gasteiger partial charge in [-0.1, -0.05) is 25.0 Å². The third-order valence-electron chi connectivity index (χ3n) is 4.68. The molecule has 25 heavy (non-hydrogen) atoms. The first kappa shape index (κ1) is 17.4. The van der Waals surface area contributed by atoms with Gasteiger partial charge < -0.3 is 9.80 Å². The quantitative estimate of drug-likeness (QED) is 0.850. The van der Waals surface area contributed by atoms with Gasteiger partial charge in [-0.3, -0.25) is 4.79 Å². The molecule has 0 aliphatic carbocycles. The van der Waals surface area contributed by atoms with E-state index in [1.807, 2.05) is 44.2 Å². The van der Waals surface area contributed by atoms with Crippen LogP contribution in [0.4, 0.5) is 11.5 Å². The van der Waals surface area contributed by atoms with Crippen molar-refractivity contribution in [1.82, 2.24) is 9.97 Å². The van der Waals surface area contributed by atoms with Gasteiger partial charge in [0.05, 0.1) is 0 Å². The number of aromatic nitrogens is 2. The highest BCUT2D eigenvalue weighted by Crippen LogP contribution is 2.21. The summed E-state index contributed by atoms with van der Waals surface area (Å²) in [5.74, 6) is 0.784. The molecule has 0 atom stereocenters. The monoisotopic (exact) mass is 338 g/mol. The highest BCUT2D eigenvalue weighted by molar-refractivity contribution is 6.05. The van der Waals surface area contributed by atoms with Crippen LogP contribution in [0.5, 0.6) is 0 Å². The highest BCUT2D eigenvalue weighted by atomic mass is 16.2. The summed E-state index contributed by atoms with van der Waals surface area (Å²) in [6.45, 7) is 6.62. The number of hydrogen-bond acceptors (Lipinski definition) is 4. The molecule has 0 bridgehead atoms. The molecule has 1 aliphatic heterocycles. The lowest BCUT2D eigenvalue weighted by molar-refractivity contribution is 0.0983. The zero-order valence-corrected chi connectivity index (χ0v) is 15.1. The number of rotatable bonds is 4. The summed E-state index contributed by atoms with van der Waals surface area (Å²) in [6.07, 6.45) is 6.40. The number of aryl methyl sites for hydroxylation is 1. The van der Waals surface area contributed by atoms with Crippen LogP contribution >= 0.6 is 0 Å². The Labute approximate surface area is 149 Å². The predicted octanol–water partition coefficient (Wildman–Crippen LogP) is 3.83. The van der Waals surface area contributed by atoms with E-state index in [2.05, 4.69) is 14.9 Å². The van der Waals surface area contributed by atoms with Crippen molar-refractivity contribution >= 4 is 17.4 Å². The summed E-state index contributed by atoms with van der Waals surface area (Å²) in [5.41, 5.74) is 2.50. The molecule has 0 radical (unpaired) electrons. The lowest BCUT2D eigenvalue weighted by Crippen LogP contribution is -2.32. The van der Waals surface area contributed by atoms with Crippen LogP contribution in [0.3, 0.4) is 0 Å². The predicted molar refractivity (Wildman–Crippen MR) is 101 cm³/mol. The molecule has 1 aliphatic rings. The molecule has 0 N–H and O–H groups in total. The van der Waals surface area contributed by atoms with E-state index in [-0.39, 0.29) is 5.91 Å². The molecular weight excluding hydrogens is 312 g/mol. The van der Waals surface area contributed by atoms with Crippen molar-refractivity contribution < 1.29 is 4.79 Å². The van der Waals surface area contributed by atoms with E-state index in [4.69, 9.17) is 0 Å². The zero-order valence-electron chi connectivity index (χ0n) is 15.1. The van der Waals surface area contributed by atoms with E-state index >= 15 is 0 Å². The van der Waals surface area contributed by atoms with E-state index < -0.39 is 0 Å². The van der Waals surface area contributed by atoms with Gasteiger partial charge in [-0.25, -0.2) is 9.97 Å². The second-order valence-corrected chi connectivity index (χ2v) is 6.55. The Bertz CT molecular complexity index is 723. The van der Waals surface area contributed by atoms with Crippen LogP contribution in [0.15, 0.2) is 36.7 Å². The lowest BCUT2D eigenvalue weighted by Gasteiger charge is -2.23. The molecule has 1 fully saturated rings. The van der Waals surface area contributed by atoms with Gasteiger partial charge in [0.1, 0.15) is 17.8 Å². The van der Waals surface area contributed by atoms with Gasteiger partial charge in [-0.15, -0.1) is 0 Å². The Kier molecular flexibility index (Phi) is 5.64. The average molecular weight is 338 g/mol. The van der Waals surface area contributed by atoms with Crippen molar-refractivity contribution in [2.75, 3.05) is 29.4 Å². The molecule has 3 rings (SSSR count). The van der Waals surface area contributed by atoms with Crippen molar-refractivity contribution in [1.29, 1.82) is 0 Å². The zero-order chi connectivity index (χ0) is 17.6. The summed E-state index contributed by atoms with van der Waals surface area (Å²) < 4.78 is 0. The van der Waals surface area contributed by atoms with Crippen LogP contribution in [0, 0.1) is 6.92 Å². The van der Waals surface area contributed by atoms with Gasteiger partial charge in [0.15, 0.2) is 0 Å². The summed E-state index contributed by atoms with van der Waals surface area (Å²) in [6, 6.07) is 9.84. The number of anilines is 2. The third-order valence-corrected chi connectivity index (χ3v) is 4.68. The second-order valence-electron chi connectivity index (χ2n) is 6.55. The van der Waals surface area contributed by atoms with Crippen LogP contribution in [0.25, 0.3) is 0 Å². The molecule has 0 spiro atoms. The molecule has 2 aromatic rings. The van der Waals surface area contributed by atoms with Gasteiger partial charge >= 0.3 is 0 Å². The van der Waals surface area contributed by atoms with Gasteiger partial charge in [0, 0.05) is 31.4 Å². The first-order chi connectivity index (χ1) is 12.2. The minimum absolute atomic E-state index is 0.0772. The fraction of sp³-hybridized carbons (Fsp3) is 0.450. The van der Waals surface area contributed by atoms with Gasteiger partial charge in [0.25, 0.3) is 5.91 Å². The minimum atomic E-state index is -0.0772. The molecule has 1 amide bonds. The number of amides is 1. The molecule has 1 aromatic heterocycles. The normalized spacial score (nSPS) is 14.9. The average Bonchev–Trinajstić information content (AvgIpc) is 2.92. The largest absolute Gasteiger partial charge is 0.357 e. The Hall–Kier alpha value is -2.43. The third kappa shape index (κ3) is 4.16. The van der Waals surface area contributed by atoms with Crippen LogP contribution in [0.2, 0.25) is 0 Å².